The van der Waals surface area contributed by atoms with Crippen molar-refractivity contribution in [1.29, 1.82) is 0 Å². The molecule has 0 aliphatic heterocycles. The van der Waals surface area contributed by atoms with E-state index in [-0.39, 0.29) is 6.04 Å². The van der Waals surface area contributed by atoms with Crippen LogP contribution in [0, 0.1) is 0 Å². The molecule has 0 aliphatic rings. The average molecular weight is 480 g/mol. The van der Waals surface area contributed by atoms with Crippen LogP contribution < -0.4 is 5.73 Å². The van der Waals surface area contributed by atoms with Crippen molar-refractivity contribution in [3.63, 3.8) is 0 Å². The Labute approximate surface area is 212 Å². The lowest BCUT2D eigenvalue weighted by Gasteiger charge is -2.29. The van der Waals surface area contributed by atoms with Crippen molar-refractivity contribution < 1.29 is 0 Å². The molecule has 3 aromatic rings. The van der Waals surface area contributed by atoms with E-state index in [0.29, 0.717) is 0 Å². The first-order chi connectivity index (χ1) is 17.0. The predicted molar refractivity (Wildman–Crippen MR) is 144 cm³/mol. The number of aromatic nitrogens is 4. The van der Waals surface area contributed by atoms with Crippen molar-refractivity contribution >= 4 is 0 Å². The predicted octanol–water partition coefficient (Wildman–Crippen LogP) is 4.83. The van der Waals surface area contributed by atoms with Gasteiger partial charge in [0.25, 0.3) is 0 Å². The maximum atomic E-state index is 5.63. The largest absolute Gasteiger partial charge is 0.334 e. The summed E-state index contributed by atoms with van der Waals surface area (Å²) in [5.74, 6) is 2.24. The van der Waals surface area contributed by atoms with Crippen LogP contribution in [-0.2, 0) is 32.7 Å². The highest BCUT2D eigenvalue weighted by molar-refractivity contribution is 5.23. The van der Waals surface area contributed by atoms with Crippen LogP contribution in [0.25, 0.3) is 0 Å². The van der Waals surface area contributed by atoms with Crippen molar-refractivity contribution in [2.75, 3.05) is 20.1 Å². The molecule has 7 nitrogen and oxygen atoms in total. The zero-order valence-electron chi connectivity index (χ0n) is 22.2. The van der Waals surface area contributed by atoms with Gasteiger partial charge in [-0.3, -0.25) is 4.90 Å². The number of aryl methyl sites for hydroxylation is 2. The van der Waals surface area contributed by atoms with Gasteiger partial charge >= 0.3 is 0 Å². The Hall–Kier alpha value is -2.48. The summed E-state index contributed by atoms with van der Waals surface area (Å²) in [5, 5.41) is 0. The van der Waals surface area contributed by atoms with Crippen LogP contribution in [0.2, 0.25) is 0 Å². The summed E-state index contributed by atoms with van der Waals surface area (Å²) in [6.07, 6.45) is 12.5. The number of nitrogens with two attached hydrogens (primary N) is 1. The topological polar surface area (TPSA) is 68.1 Å². The molecule has 1 unspecified atom stereocenters. The van der Waals surface area contributed by atoms with Gasteiger partial charge in [-0.1, -0.05) is 38.1 Å². The Bertz CT molecular complexity index is 975. The maximum absolute atomic E-state index is 5.63. The van der Waals surface area contributed by atoms with Crippen molar-refractivity contribution in [1.82, 2.24) is 28.9 Å². The fourth-order valence-electron chi connectivity index (χ4n) is 4.63. The molecule has 0 radical (unpaired) electrons. The summed E-state index contributed by atoms with van der Waals surface area (Å²) in [4.78, 5) is 14.3. The first-order valence-electron chi connectivity index (χ1n) is 13.3. The van der Waals surface area contributed by atoms with Crippen LogP contribution in [-0.4, -0.2) is 49.0 Å². The molecule has 0 saturated heterocycles. The standard InChI is InChI=1S/C28H45N7/c1-5-16-33-19-14-30-27(33)23-35(24(3)28-31-15-20-34(28)17-6-2)22-26-11-9-25(10-12-26)21-32(4)18-8-7-13-29/h9-12,14-15,19-20,24H,5-8,13,16-18,21-23,29H2,1-4H3. The lowest BCUT2D eigenvalue weighted by Crippen LogP contribution is -2.30. The second-order valence-electron chi connectivity index (χ2n) is 9.65. The molecule has 1 atom stereocenters. The van der Waals surface area contributed by atoms with Crippen LogP contribution in [0.15, 0.2) is 49.1 Å². The van der Waals surface area contributed by atoms with Gasteiger partial charge in [-0.25, -0.2) is 9.97 Å². The number of hydrogen-bond donors (Lipinski definition) is 1. The molecule has 192 valence electrons. The Balaban J connectivity index is 1.75. The van der Waals surface area contributed by atoms with Crippen molar-refractivity contribution in [3.8, 4) is 0 Å². The highest BCUT2D eigenvalue weighted by atomic mass is 15.2. The minimum absolute atomic E-state index is 0.177. The summed E-state index contributed by atoms with van der Waals surface area (Å²) in [6, 6.07) is 9.28. The Morgan fingerprint density at radius 2 is 1.49 bits per heavy atom. The SMILES string of the molecule is CCCn1ccnc1CN(Cc1ccc(CN(C)CCCCN)cc1)C(C)c1nccn1CCC. The highest BCUT2D eigenvalue weighted by Crippen LogP contribution is 2.24. The zero-order chi connectivity index (χ0) is 25.0. The third-order valence-corrected chi connectivity index (χ3v) is 6.60. The van der Waals surface area contributed by atoms with Crippen LogP contribution in [0.3, 0.4) is 0 Å². The van der Waals surface area contributed by atoms with Crippen molar-refractivity contribution in [2.24, 2.45) is 5.73 Å². The van der Waals surface area contributed by atoms with Gasteiger partial charge in [-0.15, -0.1) is 0 Å². The van der Waals surface area contributed by atoms with E-state index < -0.39 is 0 Å². The Kier molecular flexibility index (Phi) is 11.0. The third-order valence-electron chi connectivity index (χ3n) is 6.60. The second kappa shape index (κ2) is 14.2. The van der Waals surface area contributed by atoms with E-state index in [2.05, 4.69) is 83.4 Å². The molecular weight excluding hydrogens is 434 g/mol. The van der Waals surface area contributed by atoms with Gasteiger partial charge < -0.3 is 19.8 Å². The highest BCUT2D eigenvalue weighted by Gasteiger charge is 2.22. The first-order valence-corrected chi connectivity index (χ1v) is 13.3. The van der Waals surface area contributed by atoms with Gasteiger partial charge in [-0.2, -0.15) is 0 Å². The second-order valence-corrected chi connectivity index (χ2v) is 9.65. The molecule has 35 heavy (non-hydrogen) atoms. The summed E-state index contributed by atoms with van der Waals surface area (Å²) in [5.41, 5.74) is 8.29. The first kappa shape index (κ1) is 27.1. The van der Waals surface area contributed by atoms with E-state index in [1.807, 2.05) is 12.4 Å². The maximum Gasteiger partial charge on any atom is 0.125 e. The van der Waals surface area contributed by atoms with E-state index in [9.17, 15) is 0 Å². The minimum atomic E-state index is 0.177. The molecule has 1 aromatic carbocycles. The van der Waals surface area contributed by atoms with E-state index >= 15 is 0 Å². The van der Waals surface area contributed by atoms with E-state index in [4.69, 9.17) is 15.7 Å². The number of benzene rings is 1. The number of unbranched alkanes of at least 4 members (excludes halogenated alkanes) is 1. The molecule has 0 saturated carbocycles. The van der Waals surface area contributed by atoms with Gasteiger partial charge in [-0.05, 0) is 63.9 Å². The smallest absolute Gasteiger partial charge is 0.125 e. The number of rotatable bonds is 16. The molecule has 0 spiro atoms. The minimum Gasteiger partial charge on any atom is -0.334 e. The van der Waals surface area contributed by atoms with Gasteiger partial charge in [0.2, 0.25) is 0 Å². The zero-order valence-corrected chi connectivity index (χ0v) is 22.2. The van der Waals surface area contributed by atoms with Gasteiger partial charge in [0.15, 0.2) is 0 Å². The summed E-state index contributed by atoms with van der Waals surface area (Å²) in [7, 11) is 2.19. The molecule has 0 fully saturated rings. The summed E-state index contributed by atoms with van der Waals surface area (Å²) >= 11 is 0. The molecule has 3 rings (SSSR count). The van der Waals surface area contributed by atoms with Gasteiger partial charge in [0, 0.05) is 51.0 Å². The van der Waals surface area contributed by atoms with Crippen LogP contribution >= 0.6 is 0 Å². The van der Waals surface area contributed by atoms with E-state index in [0.717, 1.165) is 83.1 Å². The average Bonchev–Trinajstić information content (AvgIpc) is 3.49. The normalized spacial score (nSPS) is 12.7. The van der Waals surface area contributed by atoms with Gasteiger partial charge in [0.1, 0.15) is 11.6 Å². The van der Waals surface area contributed by atoms with Crippen molar-refractivity contribution in [2.45, 2.75) is 85.2 Å². The number of nitrogens with zero attached hydrogens (tertiary/aromatic N) is 6. The van der Waals surface area contributed by atoms with E-state index in [1.165, 1.54) is 11.1 Å². The molecule has 2 aromatic heterocycles. The molecular formula is C28H45N7. The van der Waals surface area contributed by atoms with Crippen LogP contribution in [0.1, 0.15) is 75.3 Å². The third kappa shape index (κ3) is 8.02. The lowest BCUT2D eigenvalue weighted by molar-refractivity contribution is 0.174. The summed E-state index contributed by atoms with van der Waals surface area (Å²) < 4.78 is 4.57. The Morgan fingerprint density at radius 1 is 0.857 bits per heavy atom. The summed E-state index contributed by atoms with van der Waals surface area (Å²) in [6.45, 7) is 13.1. The number of imidazole rings is 2. The fourth-order valence-corrected chi connectivity index (χ4v) is 4.63. The molecule has 7 heteroatoms. The monoisotopic (exact) mass is 479 g/mol. The van der Waals surface area contributed by atoms with E-state index in [1.54, 1.807) is 0 Å². The van der Waals surface area contributed by atoms with Gasteiger partial charge in [0.05, 0.1) is 12.6 Å². The van der Waals surface area contributed by atoms with Crippen LogP contribution in [0.4, 0.5) is 0 Å². The molecule has 0 amide bonds. The molecule has 0 aliphatic carbocycles. The quantitative estimate of drug-likeness (QED) is 0.298. The fraction of sp³-hybridized carbons (Fsp3) is 0.571. The van der Waals surface area contributed by atoms with Crippen LogP contribution in [0.5, 0.6) is 0 Å². The number of hydrogen-bond acceptors (Lipinski definition) is 5. The molecule has 2 N–H and O–H groups in total. The molecule has 2 heterocycles. The Morgan fingerprint density at radius 3 is 2.17 bits per heavy atom. The lowest BCUT2D eigenvalue weighted by atomic mass is 10.1. The van der Waals surface area contributed by atoms with Crippen molar-refractivity contribution in [3.05, 3.63) is 71.8 Å². The molecule has 0 bridgehead atoms.